The van der Waals surface area contributed by atoms with Crippen LogP contribution >= 0.6 is 0 Å². The summed E-state index contributed by atoms with van der Waals surface area (Å²) < 4.78 is 17.1. The minimum Gasteiger partial charge on any atom is -0.508 e. The van der Waals surface area contributed by atoms with Crippen molar-refractivity contribution >= 4 is 5.91 Å². The molecule has 2 aromatic rings. The first-order chi connectivity index (χ1) is 15.1. The number of aromatic hydroxyl groups is 1. The molecule has 8 heteroatoms. The normalized spacial score (nSPS) is 24.8. The van der Waals surface area contributed by atoms with Crippen molar-refractivity contribution in [3.63, 3.8) is 0 Å². The van der Waals surface area contributed by atoms with Gasteiger partial charge in [-0.3, -0.25) is 4.79 Å². The van der Waals surface area contributed by atoms with E-state index in [0.29, 0.717) is 18.6 Å². The predicted octanol–water partition coefficient (Wildman–Crippen LogP) is 2.12. The van der Waals surface area contributed by atoms with Gasteiger partial charge in [-0.05, 0) is 67.6 Å². The molecule has 0 aliphatic carbocycles. The Morgan fingerprint density at radius 3 is 2.44 bits per heavy atom. The molecule has 32 heavy (non-hydrogen) atoms. The van der Waals surface area contributed by atoms with Gasteiger partial charge in [-0.1, -0.05) is 18.2 Å². The van der Waals surface area contributed by atoms with Crippen molar-refractivity contribution in [1.82, 2.24) is 0 Å². The first kappa shape index (κ1) is 24.0. The maximum atomic E-state index is 11.1. The lowest BCUT2D eigenvalue weighted by Crippen LogP contribution is -2.63. The van der Waals surface area contributed by atoms with Crippen LogP contribution in [0.15, 0.2) is 42.5 Å². The number of hydrogen-bond donors (Lipinski definition) is 4. The van der Waals surface area contributed by atoms with E-state index in [4.69, 9.17) is 19.9 Å². The summed E-state index contributed by atoms with van der Waals surface area (Å²) in [6, 6.07) is 12.2. The summed E-state index contributed by atoms with van der Waals surface area (Å²) in [4.78, 5) is 11.1. The molecule has 1 heterocycles. The van der Waals surface area contributed by atoms with Crippen LogP contribution < -0.4 is 10.5 Å². The van der Waals surface area contributed by atoms with Gasteiger partial charge in [-0.2, -0.15) is 0 Å². The lowest BCUT2D eigenvalue weighted by molar-refractivity contribution is -0.305. The lowest BCUT2D eigenvalue weighted by atomic mass is 9.89. The van der Waals surface area contributed by atoms with Gasteiger partial charge in [0, 0.05) is 13.5 Å². The van der Waals surface area contributed by atoms with Gasteiger partial charge in [0.15, 0.2) is 0 Å². The van der Waals surface area contributed by atoms with Crippen molar-refractivity contribution in [3.8, 4) is 22.6 Å². The Hall–Kier alpha value is -2.65. The zero-order valence-corrected chi connectivity index (χ0v) is 18.5. The van der Waals surface area contributed by atoms with Gasteiger partial charge in [0.05, 0.1) is 5.60 Å². The van der Waals surface area contributed by atoms with Gasteiger partial charge in [0.2, 0.25) is 12.2 Å². The van der Waals surface area contributed by atoms with Gasteiger partial charge in [-0.25, -0.2) is 0 Å². The third-order valence-electron chi connectivity index (χ3n) is 5.68. The highest BCUT2D eigenvalue weighted by Crippen LogP contribution is 2.35. The van der Waals surface area contributed by atoms with E-state index in [1.807, 2.05) is 12.1 Å². The largest absolute Gasteiger partial charge is 0.508 e. The summed E-state index contributed by atoms with van der Waals surface area (Å²) in [7, 11) is 1.45. The van der Waals surface area contributed by atoms with Gasteiger partial charge < -0.3 is 35.3 Å². The van der Waals surface area contributed by atoms with Crippen molar-refractivity contribution in [2.75, 3.05) is 7.11 Å². The minimum atomic E-state index is -1.31. The number of aliphatic hydroxyl groups is 2. The maximum absolute atomic E-state index is 11.1. The molecule has 1 fully saturated rings. The standard InChI is InChI=1S/C24H31NO7/c1-24(2)22(30-3)20(28)21(29)23(32-24)31-17-12-9-14(5-4-6-19(25)27)18(13-17)15-7-10-16(26)11-8-15/h7-13,20-23,26,28-29H,4-6H2,1-3H3,(H2,25,27)/t20-,21-,22+,23?/m0/s1. The third kappa shape index (κ3) is 5.39. The fourth-order valence-corrected chi connectivity index (χ4v) is 4.05. The fourth-order valence-electron chi connectivity index (χ4n) is 4.05. The van der Waals surface area contributed by atoms with Crippen molar-refractivity contribution in [1.29, 1.82) is 0 Å². The third-order valence-corrected chi connectivity index (χ3v) is 5.68. The Labute approximate surface area is 187 Å². The molecule has 0 spiro atoms. The van der Waals surface area contributed by atoms with Crippen LogP contribution in [0.1, 0.15) is 32.3 Å². The van der Waals surface area contributed by atoms with E-state index in [2.05, 4.69) is 0 Å². The summed E-state index contributed by atoms with van der Waals surface area (Å²) in [6.45, 7) is 3.52. The molecule has 1 aliphatic heterocycles. The van der Waals surface area contributed by atoms with Gasteiger partial charge >= 0.3 is 0 Å². The number of phenols is 1. The van der Waals surface area contributed by atoms with Gasteiger partial charge in [0.1, 0.15) is 29.8 Å². The Balaban J connectivity index is 1.88. The van der Waals surface area contributed by atoms with E-state index < -0.39 is 30.2 Å². The van der Waals surface area contributed by atoms with E-state index in [9.17, 15) is 20.1 Å². The molecule has 0 radical (unpaired) electrons. The summed E-state index contributed by atoms with van der Waals surface area (Å²) >= 11 is 0. The summed E-state index contributed by atoms with van der Waals surface area (Å²) in [6.07, 6.45) is -2.79. The van der Waals surface area contributed by atoms with E-state index in [-0.39, 0.29) is 18.1 Å². The number of rotatable bonds is 8. The monoisotopic (exact) mass is 445 g/mol. The molecule has 0 saturated carbocycles. The van der Waals surface area contributed by atoms with Crippen LogP contribution in [-0.2, 0) is 20.7 Å². The van der Waals surface area contributed by atoms with Crippen LogP contribution in [-0.4, -0.2) is 58.5 Å². The molecule has 2 aromatic carbocycles. The predicted molar refractivity (Wildman–Crippen MR) is 118 cm³/mol. The smallest absolute Gasteiger partial charge is 0.229 e. The van der Waals surface area contributed by atoms with E-state index in [1.54, 1.807) is 44.2 Å². The highest BCUT2D eigenvalue weighted by atomic mass is 16.7. The van der Waals surface area contributed by atoms with Crippen LogP contribution in [0.3, 0.4) is 0 Å². The van der Waals surface area contributed by atoms with Crippen molar-refractivity contribution in [2.45, 2.75) is 63.3 Å². The molecule has 1 amide bonds. The molecule has 1 aliphatic rings. The first-order valence-electron chi connectivity index (χ1n) is 10.6. The van der Waals surface area contributed by atoms with Crippen LogP contribution in [0.4, 0.5) is 0 Å². The van der Waals surface area contributed by atoms with Crippen LogP contribution in [0.5, 0.6) is 11.5 Å². The lowest BCUT2D eigenvalue weighted by Gasteiger charge is -2.46. The number of aliphatic hydroxyl groups excluding tert-OH is 2. The summed E-state index contributed by atoms with van der Waals surface area (Å²) in [5.74, 6) is 0.240. The zero-order valence-electron chi connectivity index (χ0n) is 18.5. The molecule has 1 saturated heterocycles. The molecular formula is C24H31NO7. The summed E-state index contributed by atoms with van der Waals surface area (Å²) in [5, 5.41) is 30.6. The number of amides is 1. The minimum absolute atomic E-state index is 0.152. The number of ether oxygens (including phenoxy) is 3. The van der Waals surface area contributed by atoms with Crippen LogP contribution in [0, 0.1) is 0 Å². The average Bonchev–Trinajstić information content (AvgIpc) is 2.73. The van der Waals surface area contributed by atoms with Crippen LogP contribution in [0.25, 0.3) is 11.1 Å². The van der Waals surface area contributed by atoms with E-state index in [1.165, 1.54) is 7.11 Å². The Bertz CT molecular complexity index is 928. The van der Waals surface area contributed by atoms with Gasteiger partial charge in [0.25, 0.3) is 0 Å². The molecule has 1 unspecified atom stereocenters. The Kier molecular flexibility index (Phi) is 7.40. The highest BCUT2D eigenvalue weighted by molar-refractivity contribution is 5.74. The number of methoxy groups -OCH3 is 1. The fraction of sp³-hybridized carbons (Fsp3) is 0.458. The molecule has 5 N–H and O–H groups in total. The second kappa shape index (κ2) is 9.87. The first-order valence-corrected chi connectivity index (χ1v) is 10.6. The number of aryl methyl sites for hydroxylation is 1. The van der Waals surface area contributed by atoms with E-state index >= 15 is 0 Å². The second-order valence-electron chi connectivity index (χ2n) is 8.53. The molecule has 4 atom stereocenters. The number of phenolic OH excluding ortho intramolecular Hbond substituents is 1. The number of carbonyl (C=O) groups excluding carboxylic acids is 1. The molecule has 0 bridgehead atoms. The van der Waals surface area contributed by atoms with Crippen molar-refractivity contribution in [3.05, 3.63) is 48.0 Å². The number of nitrogens with two attached hydrogens (primary N) is 1. The van der Waals surface area contributed by atoms with Crippen molar-refractivity contribution in [2.24, 2.45) is 5.73 Å². The number of carbonyl (C=O) groups is 1. The molecule has 174 valence electrons. The topological polar surface area (TPSA) is 131 Å². The number of primary amides is 1. The summed E-state index contributed by atoms with van der Waals surface area (Å²) in [5.41, 5.74) is 7.07. The average molecular weight is 446 g/mol. The Morgan fingerprint density at radius 2 is 1.81 bits per heavy atom. The van der Waals surface area contributed by atoms with Crippen molar-refractivity contribution < 1.29 is 34.3 Å². The SMILES string of the molecule is CO[C@@H]1[C@@H](O)[C@H](O)C(Oc2ccc(CCCC(N)=O)c(-c3ccc(O)cc3)c2)OC1(C)C. The van der Waals surface area contributed by atoms with Gasteiger partial charge in [-0.15, -0.1) is 0 Å². The molecule has 0 aromatic heterocycles. The highest BCUT2D eigenvalue weighted by Gasteiger charge is 2.50. The number of hydrogen-bond acceptors (Lipinski definition) is 7. The maximum Gasteiger partial charge on any atom is 0.229 e. The van der Waals surface area contributed by atoms with Crippen LogP contribution in [0.2, 0.25) is 0 Å². The number of benzene rings is 2. The molecular weight excluding hydrogens is 414 g/mol. The molecule has 3 rings (SSSR count). The zero-order chi connectivity index (χ0) is 23.5. The quantitative estimate of drug-likeness (QED) is 0.489. The Morgan fingerprint density at radius 1 is 1.12 bits per heavy atom. The molecule has 8 nitrogen and oxygen atoms in total. The second-order valence-corrected chi connectivity index (χ2v) is 8.53. The van der Waals surface area contributed by atoms with E-state index in [0.717, 1.165) is 16.7 Å².